The van der Waals surface area contributed by atoms with E-state index >= 15 is 0 Å². The fourth-order valence-corrected chi connectivity index (χ4v) is 5.37. The minimum absolute atomic E-state index is 0.292. The second-order valence-corrected chi connectivity index (χ2v) is 9.61. The van der Waals surface area contributed by atoms with Gasteiger partial charge in [0.25, 0.3) is 0 Å². The summed E-state index contributed by atoms with van der Waals surface area (Å²) in [6.45, 7) is 2.36. The number of aliphatic imine (C=N–C) groups is 1. The predicted molar refractivity (Wildman–Crippen MR) is 147 cm³/mol. The van der Waals surface area contributed by atoms with Crippen LogP contribution >= 0.6 is 0 Å². The zero-order chi connectivity index (χ0) is 25.8. The molecule has 3 aromatic rings. The summed E-state index contributed by atoms with van der Waals surface area (Å²) in [5.74, 6) is 2.75. The third kappa shape index (κ3) is 5.19. The second kappa shape index (κ2) is 11.1. The molecule has 0 N–H and O–H groups in total. The Morgan fingerprint density at radius 3 is 2.41 bits per heavy atom. The van der Waals surface area contributed by atoms with Gasteiger partial charge in [-0.15, -0.1) is 0 Å². The molecule has 1 aliphatic heterocycles. The molecule has 0 saturated heterocycles. The SMILES string of the molecule is COc1ccc(CON=C(C)c2cccc(C3=N[C@@H]4CCCC[C@@H]4c4cc(OC)c(OC)cc43)c2)cc1. The molecule has 0 spiro atoms. The van der Waals surface area contributed by atoms with Gasteiger partial charge in [0.05, 0.1) is 38.8 Å². The van der Waals surface area contributed by atoms with Crippen molar-refractivity contribution in [3.8, 4) is 17.2 Å². The monoisotopic (exact) mass is 498 g/mol. The Kier molecular flexibility index (Phi) is 7.45. The molecular weight excluding hydrogens is 464 g/mol. The number of hydrogen-bond donors (Lipinski definition) is 0. The fourth-order valence-electron chi connectivity index (χ4n) is 5.37. The van der Waals surface area contributed by atoms with E-state index < -0.39 is 0 Å². The van der Waals surface area contributed by atoms with Crippen LogP contribution in [0.1, 0.15) is 66.3 Å². The summed E-state index contributed by atoms with van der Waals surface area (Å²) in [5.41, 5.74) is 7.37. The van der Waals surface area contributed by atoms with E-state index in [-0.39, 0.29) is 0 Å². The lowest BCUT2D eigenvalue weighted by Crippen LogP contribution is -2.29. The van der Waals surface area contributed by atoms with Gasteiger partial charge in [0.1, 0.15) is 12.4 Å². The molecule has 0 bridgehead atoms. The van der Waals surface area contributed by atoms with Crippen molar-refractivity contribution >= 4 is 11.4 Å². The largest absolute Gasteiger partial charge is 0.497 e. The number of nitrogens with zero attached hydrogens (tertiary/aromatic N) is 2. The molecule has 1 aliphatic carbocycles. The number of oxime groups is 1. The first-order chi connectivity index (χ1) is 18.1. The van der Waals surface area contributed by atoms with Crippen molar-refractivity contribution in [1.82, 2.24) is 0 Å². The molecule has 192 valence electrons. The molecule has 3 aromatic carbocycles. The summed E-state index contributed by atoms with van der Waals surface area (Å²) in [6.07, 6.45) is 4.72. The smallest absolute Gasteiger partial charge is 0.161 e. The van der Waals surface area contributed by atoms with Crippen LogP contribution in [-0.2, 0) is 11.4 Å². The summed E-state index contributed by atoms with van der Waals surface area (Å²) < 4.78 is 16.5. The summed E-state index contributed by atoms with van der Waals surface area (Å²) >= 11 is 0. The van der Waals surface area contributed by atoms with Gasteiger partial charge in [-0.1, -0.05) is 48.3 Å². The number of benzene rings is 3. The second-order valence-electron chi connectivity index (χ2n) is 9.61. The van der Waals surface area contributed by atoms with E-state index in [9.17, 15) is 0 Å². The average Bonchev–Trinajstić information content (AvgIpc) is 2.96. The number of methoxy groups -OCH3 is 3. The lowest BCUT2D eigenvalue weighted by Gasteiger charge is -2.35. The van der Waals surface area contributed by atoms with E-state index in [1.54, 1.807) is 21.3 Å². The summed E-state index contributed by atoms with van der Waals surface area (Å²) in [5, 5.41) is 4.39. The van der Waals surface area contributed by atoms with Crippen molar-refractivity contribution in [2.75, 3.05) is 21.3 Å². The van der Waals surface area contributed by atoms with Crippen molar-refractivity contribution < 1.29 is 19.0 Å². The van der Waals surface area contributed by atoms with Crippen molar-refractivity contribution in [3.63, 3.8) is 0 Å². The van der Waals surface area contributed by atoms with Crippen molar-refractivity contribution in [3.05, 3.63) is 88.5 Å². The summed E-state index contributed by atoms with van der Waals surface area (Å²) in [6, 6.07) is 20.7. The minimum atomic E-state index is 0.292. The summed E-state index contributed by atoms with van der Waals surface area (Å²) in [4.78, 5) is 11.0. The van der Waals surface area contributed by atoms with Crippen LogP contribution in [0.4, 0.5) is 0 Å². The molecule has 0 aromatic heterocycles. The van der Waals surface area contributed by atoms with E-state index in [2.05, 4.69) is 41.6 Å². The Hall–Kier alpha value is -3.80. The van der Waals surface area contributed by atoms with Gasteiger partial charge in [0.15, 0.2) is 11.5 Å². The number of hydrogen-bond acceptors (Lipinski definition) is 6. The van der Waals surface area contributed by atoms with Crippen LogP contribution in [0.25, 0.3) is 0 Å². The fraction of sp³-hybridized carbons (Fsp3) is 0.355. The Morgan fingerprint density at radius 1 is 0.892 bits per heavy atom. The Balaban J connectivity index is 1.43. The Bertz CT molecular complexity index is 1310. The van der Waals surface area contributed by atoms with Crippen molar-refractivity contribution in [2.24, 2.45) is 10.1 Å². The maximum atomic E-state index is 5.66. The zero-order valence-corrected chi connectivity index (χ0v) is 22.0. The van der Waals surface area contributed by atoms with Crippen LogP contribution in [0.15, 0.2) is 70.8 Å². The van der Waals surface area contributed by atoms with Crippen LogP contribution in [0.2, 0.25) is 0 Å². The van der Waals surface area contributed by atoms with Gasteiger partial charge in [-0.05, 0) is 66.8 Å². The van der Waals surface area contributed by atoms with E-state index in [1.165, 1.54) is 18.4 Å². The molecular formula is C31H34N2O4. The minimum Gasteiger partial charge on any atom is -0.497 e. The van der Waals surface area contributed by atoms with Crippen molar-refractivity contribution in [1.29, 1.82) is 0 Å². The molecule has 0 unspecified atom stereocenters. The molecule has 2 atom stereocenters. The predicted octanol–water partition coefficient (Wildman–Crippen LogP) is 6.53. The molecule has 2 aliphatic rings. The van der Waals surface area contributed by atoms with Gasteiger partial charge >= 0.3 is 0 Å². The van der Waals surface area contributed by atoms with Crippen LogP contribution in [0.5, 0.6) is 17.2 Å². The lowest BCUT2D eigenvalue weighted by molar-refractivity contribution is 0.130. The molecule has 1 saturated carbocycles. The highest BCUT2D eigenvalue weighted by atomic mass is 16.6. The highest BCUT2D eigenvalue weighted by molar-refractivity contribution is 6.16. The molecule has 5 rings (SSSR count). The van der Waals surface area contributed by atoms with Gasteiger partial charge in [-0.3, -0.25) is 4.99 Å². The molecule has 6 nitrogen and oxygen atoms in total. The molecule has 0 amide bonds. The molecule has 37 heavy (non-hydrogen) atoms. The first kappa shape index (κ1) is 24.9. The number of ether oxygens (including phenoxy) is 3. The summed E-state index contributed by atoms with van der Waals surface area (Å²) in [7, 11) is 5.04. The zero-order valence-electron chi connectivity index (χ0n) is 22.0. The van der Waals surface area contributed by atoms with E-state index in [0.29, 0.717) is 18.6 Å². The van der Waals surface area contributed by atoms with E-state index in [4.69, 9.17) is 24.0 Å². The highest BCUT2D eigenvalue weighted by Crippen LogP contribution is 2.44. The van der Waals surface area contributed by atoms with Gasteiger partial charge in [-0.2, -0.15) is 0 Å². The third-order valence-electron chi connectivity index (χ3n) is 7.38. The molecule has 1 fully saturated rings. The van der Waals surface area contributed by atoms with E-state index in [0.717, 1.165) is 63.8 Å². The lowest BCUT2D eigenvalue weighted by atomic mass is 9.75. The number of fused-ring (bicyclic) bond motifs is 3. The van der Waals surface area contributed by atoms with Crippen LogP contribution in [0, 0.1) is 0 Å². The quantitative estimate of drug-likeness (QED) is 0.262. The first-order valence-corrected chi connectivity index (χ1v) is 12.9. The first-order valence-electron chi connectivity index (χ1n) is 12.9. The molecule has 0 radical (unpaired) electrons. The Labute approximate surface area is 218 Å². The van der Waals surface area contributed by atoms with Crippen LogP contribution < -0.4 is 14.2 Å². The van der Waals surface area contributed by atoms with Crippen LogP contribution in [-0.4, -0.2) is 38.8 Å². The third-order valence-corrected chi connectivity index (χ3v) is 7.38. The maximum absolute atomic E-state index is 5.66. The standard InChI is InChI=1S/C31H34N2O4/c1-20(33-37-19-21-12-14-24(34-2)15-13-21)22-8-7-9-23(16-22)31-27-18-30(36-4)29(35-3)17-26(27)25-10-5-6-11-28(25)32-31/h7-9,12-18,25,28H,5-6,10-11,19H2,1-4H3/t25-,28-/m1/s1. The van der Waals surface area contributed by atoms with Gasteiger partial charge in [0, 0.05) is 17.0 Å². The van der Waals surface area contributed by atoms with Gasteiger partial charge in [0.2, 0.25) is 0 Å². The topological polar surface area (TPSA) is 61.6 Å². The maximum Gasteiger partial charge on any atom is 0.161 e. The normalized spacial score (nSPS) is 18.8. The Morgan fingerprint density at radius 2 is 1.65 bits per heavy atom. The molecule has 6 heteroatoms. The van der Waals surface area contributed by atoms with Gasteiger partial charge < -0.3 is 19.0 Å². The number of rotatable bonds is 8. The van der Waals surface area contributed by atoms with Gasteiger partial charge in [-0.25, -0.2) is 0 Å². The average molecular weight is 499 g/mol. The molecule has 1 heterocycles. The van der Waals surface area contributed by atoms with Crippen molar-refractivity contribution in [2.45, 2.75) is 51.2 Å². The van der Waals surface area contributed by atoms with Crippen LogP contribution in [0.3, 0.4) is 0 Å². The van der Waals surface area contributed by atoms with E-state index in [1.807, 2.05) is 31.2 Å². The highest BCUT2D eigenvalue weighted by Gasteiger charge is 2.34.